The quantitative estimate of drug-likeness (QED) is 0.289. The average Bonchev–Trinajstić information content (AvgIpc) is 3.31. The van der Waals surface area contributed by atoms with Crippen LogP contribution in [0.1, 0.15) is 39.0 Å². The van der Waals surface area contributed by atoms with Crippen LogP contribution in [-0.4, -0.2) is 45.9 Å². The van der Waals surface area contributed by atoms with E-state index in [1.165, 1.54) is 24.3 Å². The summed E-state index contributed by atoms with van der Waals surface area (Å²) in [5, 5.41) is 7.95. The summed E-state index contributed by atoms with van der Waals surface area (Å²) in [7, 11) is 0. The van der Waals surface area contributed by atoms with E-state index in [9.17, 15) is 18.4 Å². The van der Waals surface area contributed by atoms with Gasteiger partial charge in [-0.25, -0.2) is 4.79 Å². The Morgan fingerprint density at radius 3 is 2.55 bits per heavy atom. The van der Waals surface area contributed by atoms with Gasteiger partial charge in [0.15, 0.2) is 5.78 Å². The third-order valence-electron chi connectivity index (χ3n) is 4.26. The van der Waals surface area contributed by atoms with Gasteiger partial charge >= 0.3 is 12.6 Å². The van der Waals surface area contributed by atoms with Gasteiger partial charge < -0.3 is 18.9 Å². The van der Waals surface area contributed by atoms with Crippen LogP contribution < -0.4 is 4.74 Å². The molecule has 11 heteroatoms. The summed E-state index contributed by atoms with van der Waals surface area (Å²) in [5.41, 5.74) is 2.28. The third-order valence-corrected chi connectivity index (χ3v) is 5.07. The Hall–Kier alpha value is -3.21. The molecule has 8 nitrogen and oxygen atoms in total. The molecule has 3 aromatic rings. The molecule has 0 amide bonds. The molecular formula is C20H19F2N3O5S. The fourth-order valence-electron chi connectivity index (χ4n) is 2.90. The van der Waals surface area contributed by atoms with E-state index in [0.717, 1.165) is 11.8 Å². The van der Waals surface area contributed by atoms with Gasteiger partial charge in [-0.2, -0.15) is 8.78 Å². The first kappa shape index (κ1) is 22.5. The second-order valence-corrected chi connectivity index (χ2v) is 7.26. The molecule has 31 heavy (non-hydrogen) atoms. The molecule has 0 aliphatic rings. The molecular weight excluding hydrogens is 432 g/mol. The van der Waals surface area contributed by atoms with Crippen molar-refractivity contribution in [3.05, 3.63) is 46.8 Å². The lowest BCUT2D eigenvalue weighted by atomic mass is 10.1. The Kier molecular flexibility index (Phi) is 7.06. The van der Waals surface area contributed by atoms with Gasteiger partial charge in [-0.1, -0.05) is 11.8 Å². The molecule has 3 rings (SSSR count). The highest BCUT2D eigenvalue weighted by Crippen LogP contribution is 2.27. The molecule has 0 unspecified atom stereocenters. The molecule has 1 aromatic carbocycles. The molecule has 0 spiro atoms. The van der Waals surface area contributed by atoms with Gasteiger partial charge in [-0.3, -0.25) is 4.79 Å². The van der Waals surface area contributed by atoms with Crippen molar-refractivity contribution in [2.45, 2.75) is 32.6 Å². The van der Waals surface area contributed by atoms with Crippen LogP contribution in [0.3, 0.4) is 0 Å². The first-order valence-corrected chi connectivity index (χ1v) is 10.2. The number of aryl methyl sites for hydroxylation is 1. The number of aromatic nitrogens is 3. The number of ether oxygens (including phenoxy) is 2. The Balaban J connectivity index is 1.65. The van der Waals surface area contributed by atoms with Crippen LogP contribution in [0.2, 0.25) is 0 Å². The highest BCUT2D eigenvalue weighted by atomic mass is 32.2. The number of esters is 1. The van der Waals surface area contributed by atoms with Gasteiger partial charge in [0.05, 0.1) is 23.6 Å². The summed E-state index contributed by atoms with van der Waals surface area (Å²) in [6.45, 7) is 2.42. The number of alkyl halides is 2. The minimum atomic E-state index is -2.91. The second-order valence-electron chi connectivity index (χ2n) is 6.33. The summed E-state index contributed by atoms with van der Waals surface area (Å²) < 4.78 is 39.3. The van der Waals surface area contributed by atoms with Gasteiger partial charge in [-0.15, -0.1) is 10.2 Å². The number of carbonyl (C=O) groups is 2. The number of nitrogens with zero attached hydrogens (tertiary/aromatic N) is 2. The Morgan fingerprint density at radius 2 is 1.90 bits per heavy atom. The number of aromatic amines is 1. The van der Waals surface area contributed by atoms with Crippen LogP contribution >= 0.6 is 11.8 Å². The smallest absolute Gasteiger partial charge is 0.387 e. The highest BCUT2D eigenvalue weighted by Gasteiger charge is 2.23. The van der Waals surface area contributed by atoms with Crippen molar-refractivity contribution in [1.82, 2.24) is 15.2 Å². The molecule has 2 aromatic heterocycles. The van der Waals surface area contributed by atoms with E-state index < -0.39 is 12.6 Å². The van der Waals surface area contributed by atoms with E-state index in [-0.39, 0.29) is 35.0 Å². The fourth-order valence-corrected chi connectivity index (χ4v) is 3.54. The number of hydrogen-bond donors (Lipinski definition) is 1. The largest absolute Gasteiger partial charge is 0.462 e. The highest BCUT2D eigenvalue weighted by molar-refractivity contribution is 7.99. The molecule has 0 aliphatic carbocycles. The number of Topliss-reactive ketones (excluding diaryl/α,β-unsaturated/α-hetero) is 1. The van der Waals surface area contributed by atoms with Crippen LogP contribution in [-0.2, 0) is 4.74 Å². The molecule has 0 saturated carbocycles. The maximum atomic E-state index is 12.6. The topological polar surface area (TPSA) is 107 Å². The molecule has 0 aliphatic heterocycles. The minimum Gasteiger partial charge on any atom is -0.462 e. The first-order valence-electron chi connectivity index (χ1n) is 9.21. The normalized spacial score (nSPS) is 11.0. The SMILES string of the molecule is CCOC(=O)c1c(C)[nH]c(C(=O)CSc2nnc(-c3ccc(OC(F)F)cc3)o2)c1C. The molecule has 1 N–H and O–H groups in total. The Morgan fingerprint density at radius 1 is 1.19 bits per heavy atom. The van der Waals surface area contributed by atoms with Crippen LogP contribution in [0.25, 0.3) is 11.5 Å². The number of carbonyl (C=O) groups excluding carboxylic acids is 2. The molecule has 2 heterocycles. The summed E-state index contributed by atoms with van der Waals surface area (Å²) in [6, 6.07) is 5.73. The maximum absolute atomic E-state index is 12.6. The lowest BCUT2D eigenvalue weighted by Gasteiger charge is -2.03. The monoisotopic (exact) mass is 451 g/mol. The number of nitrogens with one attached hydrogen (secondary N) is 1. The fraction of sp³-hybridized carbons (Fsp3) is 0.300. The van der Waals surface area contributed by atoms with E-state index in [1.807, 2.05) is 0 Å². The van der Waals surface area contributed by atoms with Crippen LogP contribution in [0, 0.1) is 13.8 Å². The number of H-pyrrole nitrogens is 1. The van der Waals surface area contributed by atoms with E-state index in [1.54, 1.807) is 20.8 Å². The molecule has 0 bridgehead atoms. The van der Waals surface area contributed by atoms with Crippen molar-refractivity contribution in [2.75, 3.05) is 12.4 Å². The molecule has 0 atom stereocenters. The van der Waals surface area contributed by atoms with Crippen LogP contribution in [0.4, 0.5) is 8.78 Å². The van der Waals surface area contributed by atoms with E-state index in [2.05, 4.69) is 19.9 Å². The number of hydrogen-bond acceptors (Lipinski definition) is 8. The number of rotatable bonds is 9. The van der Waals surface area contributed by atoms with Gasteiger partial charge in [0.1, 0.15) is 5.75 Å². The summed E-state index contributed by atoms with van der Waals surface area (Å²) in [4.78, 5) is 27.6. The predicted molar refractivity (Wildman–Crippen MR) is 108 cm³/mol. The molecule has 164 valence electrons. The van der Waals surface area contributed by atoms with Crippen LogP contribution in [0.5, 0.6) is 5.75 Å². The van der Waals surface area contributed by atoms with Crippen molar-refractivity contribution >= 4 is 23.5 Å². The Labute approximate surface area is 180 Å². The number of ketones is 1. The zero-order chi connectivity index (χ0) is 22.5. The zero-order valence-corrected chi connectivity index (χ0v) is 17.7. The van der Waals surface area contributed by atoms with Crippen LogP contribution in [0.15, 0.2) is 33.9 Å². The van der Waals surface area contributed by atoms with Gasteiger partial charge in [0.25, 0.3) is 5.22 Å². The third kappa shape index (κ3) is 5.29. The van der Waals surface area contributed by atoms with Gasteiger partial charge in [0.2, 0.25) is 5.89 Å². The number of halogens is 2. The van der Waals surface area contributed by atoms with E-state index in [0.29, 0.717) is 28.1 Å². The second kappa shape index (κ2) is 9.73. The summed E-state index contributed by atoms with van der Waals surface area (Å²) >= 11 is 1.04. The average molecular weight is 451 g/mol. The number of benzene rings is 1. The lowest BCUT2D eigenvalue weighted by molar-refractivity contribution is -0.0498. The summed E-state index contributed by atoms with van der Waals surface area (Å²) in [5.74, 6) is -0.528. The first-order chi connectivity index (χ1) is 14.8. The predicted octanol–water partition coefficient (Wildman–Crippen LogP) is 4.43. The number of thioether (sulfide) groups is 1. The zero-order valence-electron chi connectivity index (χ0n) is 16.9. The maximum Gasteiger partial charge on any atom is 0.387 e. The van der Waals surface area contributed by atoms with Crippen molar-refractivity contribution in [2.24, 2.45) is 0 Å². The summed E-state index contributed by atoms with van der Waals surface area (Å²) in [6.07, 6.45) is 0. The molecule has 0 radical (unpaired) electrons. The van der Waals surface area contributed by atoms with Gasteiger partial charge in [0, 0.05) is 11.3 Å². The van der Waals surface area contributed by atoms with Crippen molar-refractivity contribution < 1.29 is 32.3 Å². The van der Waals surface area contributed by atoms with E-state index >= 15 is 0 Å². The van der Waals surface area contributed by atoms with Crippen molar-refractivity contribution in [3.8, 4) is 17.2 Å². The lowest BCUT2D eigenvalue weighted by Crippen LogP contribution is -2.08. The minimum absolute atomic E-state index is 0.00581. The molecule has 0 fully saturated rings. The Bertz CT molecular complexity index is 1080. The van der Waals surface area contributed by atoms with Crippen molar-refractivity contribution in [1.29, 1.82) is 0 Å². The standard InChI is InChI=1S/C20H19F2N3O5S/c1-4-28-18(27)15-10(2)16(23-11(15)3)14(26)9-31-20-25-24-17(30-20)12-5-7-13(8-6-12)29-19(21)22/h5-8,19,23H,4,9H2,1-3H3. The van der Waals surface area contributed by atoms with Gasteiger partial charge in [-0.05, 0) is 50.6 Å². The van der Waals surface area contributed by atoms with Crippen molar-refractivity contribution in [3.63, 3.8) is 0 Å². The molecule has 0 saturated heterocycles. The van der Waals surface area contributed by atoms with E-state index in [4.69, 9.17) is 9.15 Å².